The number of carbonyl (C=O) groups excluding carboxylic acids is 2. The average molecular weight is 372 g/mol. The van der Waals surface area contributed by atoms with Crippen LogP contribution in [0.1, 0.15) is 34.9 Å². The monoisotopic (exact) mass is 372 g/mol. The molecule has 1 heterocycles. The quantitative estimate of drug-likeness (QED) is 0.436. The number of anilines is 1. The number of carbonyl (C=O) groups is 2. The number of amides is 1. The van der Waals surface area contributed by atoms with Crippen LogP contribution in [0.25, 0.3) is 0 Å². The van der Waals surface area contributed by atoms with E-state index in [0.29, 0.717) is 28.9 Å². The molecule has 0 unspecified atom stereocenters. The van der Waals surface area contributed by atoms with E-state index >= 15 is 0 Å². The van der Waals surface area contributed by atoms with Crippen molar-refractivity contribution < 1.29 is 14.3 Å². The van der Waals surface area contributed by atoms with Crippen molar-refractivity contribution in [3.63, 3.8) is 0 Å². The van der Waals surface area contributed by atoms with Gasteiger partial charge < -0.3 is 14.6 Å². The zero-order valence-electron chi connectivity index (χ0n) is 14.5. The molecule has 3 rings (SSSR count). The Labute approximate surface area is 155 Å². The first-order valence-corrected chi connectivity index (χ1v) is 9.26. The van der Waals surface area contributed by atoms with Crippen molar-refractivity contribution >= 4 is 29.3 Å². The third-order valence-electron chi connectivity index (χ3n) is 3.90. The SMILES string of the molecule is C=CCn1c(SCC(=O)Nc2cccc(C(=O)OC)c2)nnc1C1CC1. The molecular weight excluding hydrogens is 352 g/mol. The van der Waals surface area contributed by atoms with Crippen LogP contribution in [0.2, 0.25) is 0 Å². The first kappa shape index (κ1) is 18.2. The van der Waals surface area contributed by atoms with E-state index in [1.165, 1.54) is 18.9 Å². The molecule has 2 aromatic rings. The van der Waals surface area contributed by atoms with Crippen LogP contribution in [-0.4, -0.2) is 39.5 Å². The maximum Gasteiger partial charge on any atom is 0.337 e. The number of esters is 1. The Morgan fingerprint density at radius 1 is 1.42 bits per heavy atom. The van der Waals surface area contributed by atoms with E-state index in [2.05, 4.69) is 26.8 Å². The number of methoxy groups -OCH3 is 1. The van der Waals surface area contributed by atoms with Crippen molar-refractivity contribution in [2.24, 2.45) is 0 Å². The van der Waals surface area contributed by atoms with E-state index < -0.39 is 5.97 Å². The number of benzene rings is 1. The Bertz CT molecular complexity index is 830. The Morgan fingerprint density at radius 3 is 2.92 bits per heavy atom. The van der Waals surface area contributed by atoms with Crippen LogP contribution in [-0.2, 0) is 16.1 Å². The number of ether oxygens (including phenoxy) is 1. The lowest BCUT2D eigenvalue weighted by Gasteiger charge is -2.08. The fourth-order valence-corrected chi connectivity index (χ4v) is 3.27. The maximum absolute atomic E-state index is 12.2. The summed E-state index contributed by atoms with van der Waals surface area (Å²) < 4.78 is 6.70. The van der Waals surface area contributed by atoms with E-state index in [4.69, 9.17) is 0 Å². The van der Waals surface area contributed by atoms with Gasteiger partial charge in [0.25, 0.3) is 0 Å². The van der Waals surface area contributed by atoms with Gasteiger partial charge in [0, 0.05) is 18.2 Å². The van der Waals surface area contributed by atoms with Crippen LogP contribution in [0.15, 0.2) is 42.1 Å². The first-order chi connectivity index (χ1) is 12.6. The van der Waals surface area contributed by atoms with Crippen molar-refractivity contribution in [3.05, 3.63) is 48.3 Å². The second-order valence-corrected chi connectivity index (χ2v) is 6.87. The van der Waals surface area contributed by atoms with Crippen molar-refractivity contribution in [2.45, 2.75) is 30.5 Å². The number of nitrogens with zero attached hydrogens (tertiary/aromatic N) is 3. The highest BCUT2D eigenvalue weighted by atomic mass is 32.2. The second kappa shape index (κ2) is 8.18. The summed E-state index contributed by atoms with van der Waals surface area (Å²) in [5.41, 5.74) is 0.933. The van der Waals surface area contributed by atoms with Gasteiger partial charge in [0.1, 0.15) is 5.82 Å². The normalized spacial score (nSPS) is 13.3. The van der Waals surface area contributed by atoms with Crippen LogP contribution < -0.4 is 5.32 Å². The van der Waals surface area contributed by atoms with E-state index in [1.807, 2.05) is 4.57 Å². The van der Waals surface area contributed by atoms with Crippen molar-refractivity contribution in [3.8, 4) is 0 Å². The van der Waals surface area contributed by atoms with Gasteiger partial charge in [-0.15, -0.1) is 16.8 Å². The second-order valence-electron chi connectivity index (χ2n) is 5.92. The van der Waals surface area contributed by atoms with E-state index in [1.54, 1.807) is 30.3 Å². The van der Waals surface area contributed by atoms with Crippen LogP contribution >= 0.6 is 11.8 Å². The van der Waals surface area contributed by atoms with E-state index in [0.717, 1.165) is 18.7 Å². The zero-order chi connectivity index (χ0) is 18.5. The summed E-state index contributed by atoms with van der Waals surface area (Å²) in [5.74, 6) is 1.02. The van der Waals surface area contributed by atoms with Gasteiger partial charge >= 0.3 is 5.97 Å². The molecular formula is C18H20N4O3S. The third kappa shape index (κ3) is 4.32. The van der Waals surface area contributed by atoms with Gasteiger partial charge in [-0.3, -0.25) is 4.79 Å². The predicted octanol–water partition coefficient (Wildman–Crippen LogP) is 2.86. The predicted molar refractivity (Wildman–Crippen MR) is 99.3 cm³/mol. The molecule has 1 aliphatic carbocycles. The molecule has 7 nitrogen and oxygen atoms in total. The van der Waals surface area contributed by atoms with Crippen molar-refractivity contribution in [2.75, 3.05) is 18.2 Å². The number of nitrogens with one attached hydrogen (secondary N) is 1. The minimum absolute atomic E-state index is 0.182. The lowest BCUT2D eigenvalue weighted by Crippen LogP contribution is -2.15. The average Bonchev–Trinajstić information content (AvgIpc) is 3.41. The summed E-state index contributed by atoms with van der Waals surface area (Å²) in [4.78, 5) is 23.8. The van der Waals surface area contributed by atoms with Crippen molar-refractivity contribution in [1.29, 1.82) is 0 Å². The molecule has 1 aliphatic rings. The molecule has 1 fully saturated rings. The number of aromatic nitrogens is 3. The van der Waals surface area contributed by atoms with Gasteiger partial charge in [0.2, 0.25) is 5.91 Å². The van der Waals surface area contributed by atoms with Gasteiger partial charge in [-0.1, -0.05) is 23.9 Å². The smallest absolute Gasteiger partial charge is 0.337 e. The van der Waals surface area contributed by atoms with Crippen LogP contribution in [0.4, 0.5) is 5.69 Å². The highest BCUT2D eigenvalue weighted by Gasteiger charge is 2.30. The van der Waals surface area contributed by atoms with Gasteiger partial charge in [0.15, 0.2) is 5.16 Å². The van der Waals surface area contributed by atoms with Gasteiger partial charge in [0.05, 0.1) is 18.4 Å². The zero-order valence-corrected chi connectivity index (χ0v) is 15.3. The lowest BCUT2D eigenvalue weighted by molar-refractivity contribution is -0.113. The molecule has 1 aromatic carbocycles. The third-order valence-corrected chi connectivity index (χ3v) is 4.87. The number of allylic oxidation sites excluding steroid dienone is 1. The fourth-order valence-electron chi connectivity index (χ4n) is 2.52. The summed E-state index contributed by atoms with van der Waals surface area (Å²) in [6, 6.07) is 6.63. The summed E-state index contributed by atoms with van der Waals surface area (Å²) in [6.45, 7) is 4.40. The molecule has 136 valence electrons. The molecule has 1 amide bonds. The minimum Gasteiger partial charge on any atom is -0.465 e. The Hall–Kier alpha value is -2.61. The standard InChI is InChI=1S/C18H20N4O3S/c1-3-9-22-16(12-7-8-12)20-21-18(22)26-11-15(23)19-14-6-4-5-13(10-14)17(24)25-2/h3-6,10,12H,1,7-9,11H2,2H3,(H,19,23). The van der Waals surface area contributed by atoms with Crippen molar-refractivity contribution in [1.82, 2.24) is 14.8 Å². The highest BCUT2D eigenvalue weighted by Crippen LogP contribution is 2.40. The molecule has 0 saturated heterocycles. The van der Waals surface area contributed by atoms with Gasteiger partial charge in [-0.25, -0.2) is 4.79 Å². The lowest BCUT2D eigenvalue weighted by atomic mass is 10.2. The Morgan fingerprint density at radius 2 is 2.23 bits per heavy atom. The van der Waals surface area contributed by atoms with Crippen LogP contribution in [0, 0.1) is 0 Å². The highest BCUT2D eigenvalue weighted by molar-refractivity contribution is 7.99. The summed E-state index contributed by atoms with van der Waals surface area (Å²) in [6.07, 6.45) is 4.08. The number of rotatable bonds is 8. The molecule has 8 heteroatoms. The molecule has 0 spiro atoms. The Kier molecular flexibility index (Phi) is 5.72. The Balaban J connectivity index is 1.61. The molecule has 1 saturated carbocycles. The molecule has 1 aromatic heterocycles. The van der Waals surface area contributed by atoms with E-state index in [9.17, 15) is 9.59 Å². The summed E-state index contributed by atoms with van der Waals surface area (Å²) >= 11 is 1.33. The number of hydrogen-bond acceptors (Lipinski definition) is 6. The number of hydrogen-bond donors (Lipinski definition) is 1. The number of thioether (sulfide) groups is 1. The van der Waals surface area contributed by atoms with Gasteiger partial charge in [-0.05, 0) is 31.0 Å². The molecule has 0 atom stereocenters. The van der Waals surface area contributed by atoms with Crippen LogP contribution in [0.3, 0.4) is 0 Å². The minimum atomic E-state index is -0.444. The molecule has 0 bridgehead atoms. The fraction of sp³-hybridized carbons (Fsp3) is 0.333. The maximum atomic E-state index is 12.2. The van der Waals surface area contributed by atoms with Gasteiger partial charge in [-0.2, -0.15) is 0 Å². The topological polar surface area (TPSA) is 86.1 Å². The molecule has 0 aliphatic heterocycles. The summed E-state index contributed by atoms with van der Waals surface area (Å²) in [5, 5.41) is 12.0. The summed E-state index contributed by atoms with van der Waals surface area (Å²) in [7, 11) is 1.32. The first-order valence-electron chi connectivity index (χ1n) is 8.27. The van der Waals surface area contributed by atoms with E-state index in [-0.39, 0.29) is 11.7 Å². The van der Waals surface area contributed by atoms with Crippen LogP contribution in [0.5, 0.6) is 0 Å². The molecule has 0 radical (unpaired) electrons. The molecule has 1 N–H and O–H groups in total. The molecule has 26 heavy (non-hydrogen) atoms. The largest absolute Gasteiger partial charge is 0.465 e.